The highest BCUT2D eigenvalue weighted by atomic mass is 19.1. The predicted octanol–water partition coefficient (Wildman–Crippen LogP) is 3.37. The van der Waals surface area contributed by atoms with Crippen molar-refractivity contribution < 1.29 is 18.4 Å². The summed E-state index contributed by atoms with van der Waals surface area (Å²) in [6, 6.07) is 6.48. The molecule has 6 nitrogen and oxygen atoms in total. The van der Waals surface area contributed by atoms with E-state index in [1.165, 1.54) is 12.1 Å². The van der Waals surface area contributed by atoms with E-state index < -0.39 is 0 Å². The van der Waals surface area contributed by atoms with Gasteiger partial charge in [-0.2, -0.15) is 0 Å². The summed E-state index contributed by atoms with van der Waals surface area (Å²) in [5.74, 6) is 1.45. The SMILES string of the molecule is CC(=O)N1CCC(C(=O)N2CCC[C@@H](c3ncc(Cc4cccc(F)c4)o3)C2)CC1. The summed E-state index contributed by atoms with van der Waals surface area (Å²) in [6.45, 7) is 4.28. The van der Waals surface area contributed by atoms with Crippen LogP contribution in [0.15, 0.2) is 34.9 Å². The minimum absolute atomic E-state index is 0.00699. The molecule has 0 N–H and O–H groups in total. The van der Waals surface area contributed by atoms with Crippen LogP contribution in [0.2, 0.25) is 0 Å². The van der Waals surface area contributed by atoms with E-state index in [2.05, 4.69) is 4.98 Å². The number of carbonyl (C=O) groups excluding carboxylic acids is 2. The molecular weight excluding hydrogens is 385 g/mol. The Morgan fingerprint density at radius 2 is 1.97 bits per heavy atom. The second kappa shape index (κ2) is 8.98. The lowest BCUT2D eigenvalue weighted by atomic mass is 9.92. The number of amides is 2. The van der Waals surface area contributed by atoms with Crippen molar-refractivity contribution in [2.24, 2.45) is 5.92 Å². The molecule has 160 valence electrons. The smallest absolute Gasteiger partial charge is 0.225 e. The first-order chi connectivity index (χ1) is 14.5. The van der Waals surface area contributed by atoms with E-state index in [-0.39, 0.29) is 29.5 Å². The van der Waals surface area contributed by atoms with Gasteiger partial charge in [-0.15, -0.1) is 0 Å². The molecule has 2 fully saturated rings. The van der Waals surface area contributed by atoms with Crippen LogP contribution >= 0.6 is 0 Å². The second-order valence-corrected chi connectivity index (χ2v) is 8.38. The Morgan fingerprint density at radius 3 is 2.70 bits per heavy atom. The van der Waals surface area contributed by atoms with Gasteiger partial charge in [0.25, 0.3) is 0 Å². The van der Waals surface area contributed by atoms with Gasteiger partial charge in [0, 0.05) is 45.4 Å². The molecule has 1 aromatic carbocycles. The maximum absolute atomic E-state index is 13.4. The zero-order valence-electron chi connectivity index (χ0n) is 17.3. The Kier molecular flexibility index (Phi) is 6.16. The van der Waals surface area contributed by atoms with E-state index in [1.54, 1.807) is 19.2 Å². The lowest BCUT2D eigenvalue weighted by Crippen LogP contribution is -2.46. The maximum atomic E-state index is 13.4. The Balaban J connectivity index is 1.35. The maximum Gasteiger partial charge on any atom is 0.225 e. The molecule has 0 saturated carbocycles. The minimum atomic E-state index is -0.261. The molecule has 4 rings (SSSR count). The number of hydrogen-bond donors (Lipinski definition) is 0. The number of oxazole rings is 1. The van der Waals surface area contributed by atoms with Gasteiger partial charge in [0.2, 0.25) is 11.8 Å². The molecule has 2 aliphatic heterocycles. The number of aromatic nitrogens is 1. The van der Waals surface area contributed by atoms with E-state index in [0.717, 1.165) is 37.8 Å². The van der Waals surface area contributed by atoms with E-state index in [0.29, 0.717) is 37.7 Å². The molecule has 0 bridgehead atoms. The highest BCUT2D eigenvalue weighted by Gasteiger charge is 2.33. The van der Waals surface area contributed by atoms with Gasteiger partial charge < -0.3 is 14.2 Å². The van der Waals surface area contributed by atoms with Gasteiger partial charge in [-0.25, -0.2) is 9.37 Å². The molecule has 0 spiro atoms. The van der Waals surface area contributed by atoms with Crippen LogP contribution in [0.5, 0.6) is 0 Å². The lowest BCUT2D eigenvalue weighted by Gasteiger charge is -2.37. The molecule has 2 saturated heterocycles. The molecule has 3 heterocycles. The van der Waals surface area contributed by atoms with Crippen molar-refractivity contribution in [1.29, 1.82) is 0 Å². The average Bonchev–Trinajstić information content (AvgIpc) is 3.22. The molecule has 1 aromatic heterocycles. The monoisotopic (exact) mass is 413 g/mol. The zero-order chi connectivity index (χ0) is 21.1. The van der Waals surface area contributed by atoms with Gasteiger partial charge in [-0.1, -0.05) is 12.1 Å². The molecule has 0 unspecified atom stereocenters. The van der Waals surface area contributed by atoms with Gasteiger partial charge in [-0.3, -0.25) is 9.59 Å². The summed E-state index contributed by atoms with van der Waals surface area (Å²) >= 11 is 0. The minimum Gasteiger partial charge on any atom is -0.445 e. The number of nitrogens with zero attached hydrogens (tertiary/aromatic N) is 3. The van der Waals surface area contributed by atoms with Crippen LogP contribution in [-0.4, -0.2) is 52.8 Å². The normalized spacial score (nSPS) is 20.4. The summed E-state index contributed by atoms with van der Waals surface area (Å²) in [7, 11) is 0. The van der Waals surface area contributed by atoms with Crippen molar-refractivity contribution in [2.45, 2.75) is 44.9 Å². The molecular formula is C23H28FN3O3. The molecule has 2 aliphatic rings. The molecule has 0 radical (unpaired) electrons. The van der Waals surface area contributed by atoms with Gasteiger partial charge in [0.15, 0.2) is 5.89 Å². The van der Waals surface area contributed by atoms with Crippen molar-refractivity contribution in [1.82, 2.24) is 14.8 Å². The Hall–Kier alpha value is -2.70. The third-order valence-electron chi connectivity index (χ3n) is 6.21. The van der Waals surface area contributed by atoms with E-state index in [9.17, 15) is 14.0 Å². The van der Waals surface area contributed by atoms with E-state index >= 15 is 0 Å². The zero-order valence-corrected chi connectivity index (χ0v) is 17.3. The van der Waals surface area contributed by atoms with Crippen LogP contribution < -0.4 is 0 Å². The van der Waals surface area contributed by atoms with E-state index in [4.69, 9.17) is 4.42 Å². The van der Waals surface area contributed by atoms with Crippen molar-refractivity contribution in [3.63, 3.8) is 0 Å². The molecule has 2 aromatic rings. The average molecular weight is 413 g/mol. The van der Waals surface area contributed by atoms with Gasteiger partial charge in [0.05, 0.1) is 12.1 Å². The van der Waals surface area contributed by atoms with Crippen molar-refractivity contribution in [3.8, 4) is 0 Å². The topological polar surface area (TPSA) is 66.7 Å². The third-order valence-corrected chi connectivity index (χ3v) is 6.21. The van der Waals surface area contributed by atoms with Crippen LogP contribution in [0.4, 0.5) is 4.39 Å². The number of piperidine rings is 2. The number of likely N-dealkylation sites (tertiary alicyclic amines) is 2. The summed E-state index contributed by atoms with van der Waals surface area (Å²) in [5, 5.41) is 0. The fourth-order valence-electron chi connectivity index (χ4n) is 4.52. The number of halogens is 1. The largest absolute Gasteiger partial charge is 0.445 e. The number of hydrogen-bond acceptors (Lipinski definition) is 4. The first kappa shape index (κ1) is 20.6. The van der Waals surface area contributed by atoms with Crippen molar-refractivity contribution in [3.05, 3.63) is 53.5 Å². The Bertz CT molecular complexity index is 905. The second-order valence-electron chi connectivity index (χ2n) is 8.38. The van der Waals surface area contributed by atoms with Gasteiger partial charge in [-0.05, 0) is 43.4 Å². The molecule has 1 atom stereocenters. The summed E-state index contributed by atoms with van der Waals surface area (Å²) in [4.78, 5) is 32.7. The number of benzene rings is 1. The lowest BCUT2D eigenvalue weighted by molar-refractivity contribution is -0.141. The fourth-order valence-corrected chi connectivity index (χ4v) is 4.52. The molecule has 2 amide bonds. The standard InChI is InChI=1S/C23H28FN3O3/c1-16(28)26-10-7-18(8-11-26)23(29)27-9-3-5-19(15-27)22-25-14-21(30-22)13-17-4-2-6-20(24)12-17/h2,4,6,12,14,18-19H,3,5,7-11,13,15H2,1H3/t19-/m1/s1. The summed E-state index contributed by atoms with van der Waals surface area (Å²) in [5.41, 5.74) is 0.843. The van der Waals surface area contributed by atoms with Crippen LogP contribution in [-0.2, 0) is 16.0 Å². The van der Waals surface area contributed by atoms with Crippen LogP contribution in [0, 0.1) is 11.7 Å². The van der Waals surface area contributed by atoms with E-state index in [1.807, 2.05) is 15.9 Å². The van der Waals surface area contributed by atoms with Crippen molar-refractivity contribution >= 4 is 11.8 Å². The first-order valence-electron chi connectivity index (χ1n) is 10.7. The van der Waals surface area contributed by atoms with Crippen LogP contribution in [0.25, 0.3) is 0 Å². The Morgan fingerprint density at radius 1 is 1.17 bits per heavy atom. The van der Waals surface area contributed by atoms with Crippen molar-refractivity contribution in [2.75, 3.05) is 26.2 Å². The molecule has 7 heteroatoms. The van der Waals surface area contributed by atoms with Gasteiger partial charge >= 0.3 is 0 Å². The quantitative estimate of drug-likeness (QED) is 0.771. The number of carbonyl (C=O) groups is 2. The van der Waals surface area contributed by atoms with Gasteiger partial charge in [0.1, 0.15) is 11.6 Å². The molecule has 30 heavy (non-hydrogen) atoms. The molecule has 0 aliphatic carbocycles. The first-order valence-corrected chi connectivity index (χ1v) is 10.7. The fraction of sp³-hybridized carbons (Fsp3) is 0.522. The third kappa shape index (κ3) is 4.71. The predicted molar refractivity (Wildman–Crippen MR) is 109 cm³/mol. The number of rotatable bonds is 4. The highest BCUT2D eigenvalue weighted by Crippen LogP contribution is 2.29. The summed E-state index contributed by atoms with van der Waals surface area (Å²) in [6.07, 6.45) is 5.52. The Labute approximate surface area is 176 Å². The van der Waals surface area contributed by atoms with Crippen LogP contribution in [0.1, 0.15) is 55.7 Å². The highest BCUT2D eigenvalue weighted by molar-refractivity contribution is 5.80. The van der Waals surface area contributed by atoms with Crippen LogP contribution in [0.3, 0.4) is 0 Å². The summed E-state index contributed by atoms with van der Waals surface area (Å²) < 4.78 is 19.4.